The molecule has 37 heavy (non-hydrogen) atoms. The number of fused-ring (bicyclic) bond motifs is 1. The number of nitriles is 1. The van der Waals surface area contributed by atoms with Gasteiger partial charge in [-0.15, -0.1) is 0 Å². The molecule has 5 rings (SSSR count). The van der Waals surface area contributed by atoms with Crippen LogP contribution < -0.4 is 5.32 Å². The van der Waals surface area contributed by atoms with Gasteiger partial charge in [-0.1, -0.05) is 30.3 Å². The standard InChI is InChI=1S/C29H33FN2O5/c1-28(2)36-25-14-29(27(33)32-16-19-7-8-19,35-18-22-6-4-3-5-21(22)15-31)13-24(26(25)37-28)34-17-20-9-11-23(30)12-10-20/h3-6,9-12,19,24-26H,7-8,13-14,16-18H2,1-2H3,(H,32,33)/t24-,25-,26+,29-/m1/s1. The van der Waals surface area contributed by atoms with E-state index in [4.69, 9.17) is 18.9 Å². The van der Waals surface area contributed by atoms with E-state index in [0.29, 0.717) is 30.0 Å². The van der Waals surface area contributed by atoms with Crippen LogP contribution in [-0.4, -0.2) is 42.2 Å². The minimum absolute atomic E-state index is 0.104. The Kier molecular flexibility index (Phi) is 7.32. The Balaban J connectivity index is 1.41. The molecule has 0 spiro atoms. The van der Waals surface area contributed by atoms with Crippen LogP contribution in [0.15, 0.2) is 48.5 Å². The Hall–Kier alpha value is -2.83. The van der Waals surface area contributed by atoms with Crippen molar-refractivity contribution in [3.63, 3.8) is 0 Å². The van der Waals surface area contributed by atoms with Crippen LogP contribution in [0.5, 0.6) is 0 Å². The van der Waals surface area contributed by atoms with Crippen molar-refractivity contribution in [1.82, 2.24) is 5.32 Å². The fourth-order valence-electron chi connectivity index (χ4n) is 5.18. The van der Waals surface area contributed by atoms with E-state index < -0.39 is 23.6 Å². The first-order valence-corrected chi connectivity index (χ1v) is 12.9. The zero-order chi connectivity index (χ0) is 26.0. The number of benzene rings is 2. The summed E-state index contributed by atoms with van der Waals surface area (Å²) in [5.74, 6) is -0.836. The van der Waals surface area contributed by atoms with E-state index in [1.807, 2.05) is 26.0 Å². The van der Waals surface area contributed by atoms with E-state index >= 15 is 0 Å². The summed E-state index contributed by atoms with van der Waals surface area (Å²) in [5, 5.41) is 12.6. The summed E-state index contributed by atoms with van der Waals surface area (Å²) in [4.78, 5) is 13.7. The average Bonchev–Trinajstić information content (AvgIpc) is 3.66. The van der Waals surface area contributed by atoms with Crippen molar-refractivity contribution in [3.8, 4) is 6.07 Å². The van der Waals surface area contributed by atoms with Gasteiger partial charge in [0.2, 0.25) is 0 Å². The first-order valence-electron chi connectivity index (χ1n) is 12.9. The molecule has 1 heterocycles. The van der Waals surface area contributed by atoms with E-state index in [1.165, 1.54) is 12.1 Å². The summed E-state index contributed by atoms with van der Waals surface area (Å²) in [7, 11) is 0. The first kappa shape index (κ1) is 25.8. The number of carbonyl (C=O) groups excluding carboxylic acids is 1. The van der Waals surface area contributed by atoms with Crippen LogP contribution in [0, 0.1) is 23.1 Å². The predicted molar refractivity (Wildman–Crippen MR) is 132 cm³/mol. The highest BCUT2D eigenvalue weighted by Gasteiger charge is 2.58. The second kappa shape index (κ2) is 10.5. The number of halogens is 1. The van der Waals surface area contributed by atoms with Gasteiger partial charge in [-0.05, 0) is 61.9 Å². The molecule has 196 valence electrons. The van der Waals surface area contributed by atoms with Crippen molar-refractivity contribution in [1.29, 1.82) is 5.26 Å². The minimum Gasteiger partial charge on any atom is -0.371 e. The van der Waals surface area contributed by atoms with Crippen LogP contribution in [0.4, 0.5) is 4.39 Å². The summed E-state index contributed by atoms with van der Waals surface area (Å²) in [6.07, 6.45) is 1.51. The van der Waals surface area contributed by atoms with Gasteiger partial charge in [0, 0.05) is 19.4 Å². The highest BCUT2D eigenvalue weighted by Crippen LogP contribution is 2.44. The van der Waals surface area contributed by atoms with Crippen molar-refractivity contribution in [2.45, 2.75) is 82.4 Å². The maximum Gasteiger partial charge on any atom is 0.252 e. The van der Waals surface area contributed by atoms with Crippen molar-refractivity contribution in [2.24, 2.45) is 5.92 Å². The van der Waals surface area contributed by atoms with Crippen molar-refractivity contribution >= 4 is 5.91 Å². The zero-order valence-electron chi connectivity index (χ0n) is 21.2. The topological polar surface area (TPSA) is 89.8 Å². The lowest BCUT2D eigenvalue weighted by Gasteiger charge is -2.43. The molecular formula is C29H33FN2O5. The molecule has 3 aliphatic rings. The number of ether oxygens (including phenoxy) is 4. The summed E-state index contributed by atoms with van der Waals surface area (Å²) in [6.45, 7) is 4.64. The predicted octanol–water partition coefficient (Wildman–Crippen LogP) is 4.38. The molecule has 0 bridgehead atoms. The van der Waals surface area contributed by atoms with E-state index in [2.05, 4.69) is 11.4 Å². The molecule has 3 fully saturated rings. The molecule has 0 unspecified atom stereocenters. The van der Waals surface area contributed by atoms with E-state index in [9.17, 15) is 14.4 Å². The first-order chi connectivity index (χ1) is 17.8. The van der Waals surface area contributed by atoms with Gasteiger partial charge in [0.25, 0.3) is 5.91 Å². The van der Waals surface area contributed by atoms with Crippen LogP contribution in [0.25, 0.3) is 0 Å². The number of nitrogens with zero attached hydrogens (tertiary/aromatic N) is 1. The van der Waals surface area contributed by atoms with Gasteiger partial charge < -0.3 is 24.3 Å². The molecule has 2 aliphatic carbocycles. The van der Waals surface area contributed by atoms with Crippen LogP contribution in [0.2, 0.25) is 0 Å². The Morgan fingerprint density at radius 2 is 1.86 bits per heavy atom. The van der Waals surface area contributed by atoms with Gasteiger partial charge in [0.1, 0.15) is 11.9 Å². The lowest BCUT2D eigenvalue weighted by atomic mass is 9.78. The number of nitrogens with one attached hydrogen (secondary N) is 1. The van der Waals surface area contributed by atoms with E-state index in [1.54, 1.807) is 24.3 Å². The highest BCUT2D eigenvalue weighted by molar-refractivity contribution is 5.85. The summed E-state index contributed by atoms with van der Waals surface area (Å²) >= 11 is 0. The number of amides is 1. The Morgan fingerprint density at radius 3 is 2.59 bits per heavy atom. The molecular weight excluding hydrogens is 475 g/mol. The fraction of sp³-hybridized carbons (Fsp3) is 0.517. The number of carbonyl (C=O) groups is 1. The number of hydrogen-bond acceptors (Lipinski definition) is 6. The van der Waals surface area contributed by atoms with Crippen molar-refractivity contribution in [3.05, 3.63) is 71.0 Å². The van der Waals surface area contributed by atoms with Gasteiger partial charge in [-0.25, -0.2) is 4.39 Å². The Labute approximate surface area is 216 Å². The number of rotatable bonds is 9. The van der Waals surface area contributed by atoms with Gasteiger partial charge in [0.15, 0.2) is 11.4 Å². The monoisotopic (exact) mass is 508 g/mol. The molecule has 7 nitrogen and oxygen atoms in total. The van der Waals surface area contributed by atoms with E-state index in [-0.39, 0.29) is 37.5 Å². The maximum absolute atomic E-state index is 13.7. The van der Waals surface area contributed by atoms with Gasteiger partial charge >= 0.3 is 0 Å². The third kappa shape index (κ3) is 6.02. The smallest absolute Gasteiger partial charge is 0.252 e. The van der Waals surface area contributed by atoms with Crippen molar-refractivity contribution < 1.29 is 28.1 Å². The second-order valence-electron chi connectivity index (χ2n) is 10.7. The molecule has 2 aromatic rings. The summed E-state index contributed by atoms with van der Waals surface area (Å²) in [6, 6.07) is 15.6. The third-order valence-corrected chi connectivity index (χ3v) is 7.33. The summed E-state index contributed by atoms with van der Waals surface area (Å²) < 4.78 is 38.6. The lowest BCUT2D eigenvalue weighted by Crippen LogP contribution is -2.60. The van der Waals surface area contributed by atoms with Gasteiger partial charge in [0.05, 0.1) is 37.1 Å². The second-order valence-corrected chi connectivity index (χ2v) is 10.7. The normalized spacial score (nSPS) is 28.3. The van der Waals surface area contributed by atoms with Gasteiger partial charge in [-0.2, -0.15) is 5.26 Å². The molecule has 0 aromatic heterocycles. The quantitative estimate of drug-likeness (QED) is 0.541. The molecule has 1 aliphatic heterocycles. The minimum atomic E-state index is -1.23. The molecule has 1 amide bonds. The molecule has 1 N–H and O–H groups in total. The van der Waals surface area contributed by atoms with Crippen LogP contribution in [0.1, 0.15) is 56.2 Å². The molecule has 8 heteroatoms. The SMILES string of the molecule is CC1(C)O[C@H]2[C@H](OCc3ccc(F)cc3)C[C@](OCc3ccccc3C#N)(C(=O)NCC3CC3)C[C@H]2O1. The van der Waals surface area contributed by atoms with Gasteiger partial charge in [-0.3, -0.25) is 4.79 Å². The van der Waals surface area contributed by atoms with E-state index in [0.717, 1.165) is 18.4 Å². The highest BCUT2D eigenvalue weighted by atomic mass is 19.1. The summed E-state index contributed by atoms with van der Waals surface area (Å²) in [5.41, 5.74) is 0.814. The van der Waals surface area contributed by atoms with Crippen LogP contribution in [-0.2, 0) is 37.0 Å². The largest absolute Gasteiger partial charge is 0.371 e. The zero-order valence-corrected chi connectivity index (χ0v) is 21.2. The van der Waals surface area contributed by atoms with Crippen LogP contribution >= 0.6 is 0 Å². The Morgan fingerprint density at radius 1 is 1.11 bits per heavy atom. The molecule has 2 aromatic carbocycles. The number of hydrogen-bond donors (Lipinski definition) is 1. The average molecular weight is 509 g/mol. The third-order valence-electron chi connectivity index (χ3n) is 7.33. The Bertz CT molecular complexity index is 1160. The molecule has 4 atom stereocenters. The lowest BCUT2D eigenvalue weighted by molar-refractivity contribution is -0.183. The van der Waals surface area contributed by atoms with Crippen molar-refractivity contribution in [2.75, 3.05) is 6.54 Å². The molecule has 1 saturated heterocycles. The molecule has 0 radical (unpaired) electrons. The maximum atomic E-state index is 13.7. The fourth-order valence-corrected chi connectivity index (χ4v) is 5.18. The molecule has 2 saturated carbocycles. The van der Waals surface area contributed by atoms with Crippen LogP contribution in [0.3, 0.4) is 0 Å².